The lowest BCUT2D eigenvalue weighted by molar-refractivity contribution is -0.140. The summed E-state index contributed by atoms with van der Waals surface area (Å²) in [5, 5.41) is 2.93. The average molecular weight is 413 g/mol. The molecule has 0 saturated heterocycles. The number of nitrogens with one attached hydrogen (secondary N) is 1. The molecule has 0 spiro atoms. The second-order valence-corrected chi connectivity index (χ2v) is 7.11. The van der Waals surface area contributed by atoms with Crippen molar-refractivity contribution in [2.45, 2.75) is 45.7 Å². The molecule has 0 heterocycles. The summed E-state index contributed by atoms with van der Waals surface area (Å²) in [5.74, 6) is 1.29. The minimum Gasteiger partial charge on any atom is -0.497 e. The second-order valence-electron chi connectivity index (χ2n) is 7.11. The number of nitrogens with zero attached hydrogens (tertiary/aromatic N) is 1. The van der Waals surface area contributed by atoms with E-state index < -0.39 is 6.04 Å². The molecule has 2 rings (SSSR count). The number of rotatable bonds is 11. The van der Waals surface area contributed by atoms with Gasteiger partial charge in [0, 0.05) is 13.1 Å². The molecule has 0 bridgehead atoms. The molecule has 0 saturated carbocycles. The summed E-state index contributed by atoms with van der Waals surface area (Å²) in [6.45, 7) is 4.89. The number of methoxy groups -OCH3 is 2. The summed E-state index contributed by atoms with van der Waals surface area (Å²) in [4.78, 5) is 27.7. The fourth-order valence-electron chi connectivity index (χ4n) is 3.23. The summed E-state index contributed by atoms with van der Waals surface area (Å²) in [7, 11) is 3.22. The predicted molar refractivity (Wildman–Crippen MR) is 118 cm³/mol. The van der Waals surface area contributed by atoms with E-state index in [0.29, 0.717) is 19.5 Å². The molecule has 0 fully saturated rings. The molecule has 2 amide bonds. The van der Waals surface area contributed by atoms with Gasteiger partial charge in [0.2, 0.25) is 11.8 Å². The van der Waals surface area contributed by atoms with E-state index in [1.165, 1.54) is 0 Å². The highest BCUT2D eigenvalue weighted by Gasteiger charge is 2.28. The molecule has 0 unspecified atom stereocenters. The number of hydrogen-bond acceptors (Lipinski definition) is 4. The Balaban J connectivity index is 2.24. The van der Waals surface area contributed by atoms with E-state index in [9.17, 15) is 9.59 Å². The molecule has 0 aliphatic carbocycles. The number of carbonyl (C=O) groups is 2. The molecule has 2 aromatic rings. The van der Waals surface area contributed by atoms with Gasteiger partial charge in [-0.1, -0.05) is 38.1 Å². The molecule has 6 heteroatoms. The number of amides is 2. The van der Waals surface area contributed by atoms with Gasteiger partial charge in [0.25, 0.3) is 0 Å². The Labute approximate surface area is 179 Å². The van der Waals surface area contributed by atoms with Crippen LogP contribution in [0.3, 0.4) is 0 Å². The molecule has 2 aromatic carbocycles. The van der Waals surface area contributed by atoms with Crippen molar-refractivity contribution in [2.75, 3.05) is 20.8 Å². The van der Waals surface area contributed by atoms with E-state index in [2.05, 4.69) is 5.32 Å². The molecular weight excluding hydrogens is 380 g/mol. The Hall–Kier alpha value is -3.02. The van der Waals surface area contributed by atoms with Crippen LogP contribution in [0.1, 0.15) is 37.8 Å². The monoisotopic (exact) mass is 412 g/mol. The number of carbonyl (C=O) groups excluding carboxylic acids is 2. The lowest BCUT2D eigenvalue weighted by Crippen LogP contribution is -2.49. The molecule has 0 aliphatic heterocycles. The predicted octanol–water partition coefficient (Wildman–Crippen LogP) is 3.58. The van der Waals surface area contributed by atoms with Gasteiger partial charge in [0.15, 0.2) is 0 Å². The van der Waals surface area contributed by atoms with Crippen LogP contribution in [0.2, 0.25) is 0 Å². The van der Waals surface area contributed by atoms with Crippen LogP contribution in [0, 0.1) is 0 Å². The van der Waals surface area contributed by atoms with Crippen LogP contribution in [0.15, 0.2) is 48.5 Å². The topological polar surface area (TPSA) is 67.9 Å². The molecule has 30 heavy (non-hydrogen) atoms. The molecule has 1 N–H and O–H groups in total. The maximum atomic E-state index is 13.3. The maximum Gasteiger partial charge on any atom is 0.242 e. The largest absolute Gasteiger partial charge is 0.497 e. The Morgan fingerprint density at radius 2 is 1.43 bits per heavy atom. The van der Waals surface area contributed by atoms with Crippen LogP contribution in [-0.4, -0.2) is 43.5 Å². The Bertz CT molecular complexity index is 803. The summed E-state index contributed by atoms with van der Waals surface area (Å²) >= 11 is 0. The van der Waals surface area contributed by atoms with Crippen molar-refractivity contribution < 1.29 is 19.1 Å². The molecular formula is C24H32N2O4. The van der Waals surface area contributed by atoms with Crippen LogP contribution in [0.25, 0.3) is 0 Å². The van der Waals surface area contributed by atoms with E-state index in [1.807, 2.05) is 62.4 Å². The van der Waals surface area contributed by atoms with Crippen LogP contribution in [0.5, 0.6) is 11.5 Å². The summed E-state index contributed by atoms with van der Waals surface area (Å²) in [5.41, 5.74) is 1.82. The first kappa shape index (κ1) is 23.3. The Morgan fingerprint density at radius 3 is 1.90 bits per heavy atom. The van der Waals surface area contributed by atoms with Gasteiger partial charge < -0.3 is 19.7 Å². The zero-order valence-corrected chi connectivity index (χ0v) is 18.3. The summed E-state index contributed by atoms with van der Waals surface area (Å²) < 4.78 is 10.4. The van der Waals surface area contributed by atoms with Crippen molar-refractivity contribution in [3.05, 3.63) is 59.7 Å². The number of ether oxygens (including phenoxy) is 2. The maximum absolute atomic E-state index is 13.3. The molecule has 0 radical (unpaired) electrons. The van der Waals surface area contributed by atoms with Gasteiger partial charge in [0.1, 0.15) is 17.5 Å². The van der Waals surface area contributed by atoms with Gasteiger partial charge in [-0.15, -0.1) is 0 Å². The van der Waals surface area contributed by atoms with Crippen molar-refractivity contribution >= 4 is 11.8 Å². The van der Waals surface area contributed by atoms with Crippen LogP contribution < -0.4 is 14.8 Å². The minimum absolute atomic E-state index is 0.0884. The fraction of sp³-hybridized carbons (Fsp3) is 0.417. The molecule has 0 aromatic heterocycles. The third-order valence-electron chi connectivity index (χ3n) is 4.96. The lowest BCUT2D eigenvalue weighted by atomic mass is 10.1. The summed E-state index contributed by atoms with van der Waals surface area (Å²) in [6.07, 6.45) is 1.61. The Morgan fingerprint density at radius 1 is 0.900 bits per heavy atom. The van der Waals surface area contributed by atoms with Gasteiger partial charge >= 0.3 is 0 Å². The van der Waals surface area contributed by atoms with Gasteiger partial charge in [-0.2, -0.15) is 0 Å². The third kappa shape index (κ3) is 6.51. The van der Waals surface area contributed by atoms with Crippen molar-refractivity contribution in [2.24, 2.45) is 0 Å². The zero-order chi connectivity index (χ0) is 21.9. The van der Waals surface area contributed by atoms with Crippen molar-refractivity contribution in [1.82, 2.24) is 10.2 Å². The first-order chi connectivity index (χ1) is 14.5. The molecule has 162 valence electrons. The minimum atomic E-state index is -0.524. The van der Waals surface area contributed by atoms with E-state index in [1.54, 1.807) is 19.1 Å². The van der Waals surface area contributed by atoms with Gasteiger partial charge in [0.05, 0.1) is 20.6 Å². The first-order valence-corrected chi connectivity index (χ1v) is 10.3. The molecule has 6 nitrogen and oxygen atoms in total. The zero-order valence-electron chi connectivity index (χ0n) is 18.3. The van der Waals surface area contributed by atoms with E-state index in [4.69, 9.17) is 9.47 Å². The summed E-state index contributed by atoms with van der Waals surface area (Å²) in [6, 6.07) is 14.5. The Kier molecular flexibility index (Phi) is 9.19. The molecule has 0 aliphatic rings. The normalized spacial score (nSPS) is 11.5. The smallest absolute Gasteiger partial charge is 0.242 e. The SMILES string of the molecule is CCCNC(=O)[C@H](CC)N(Cc1ccc(OC)cc1)C(=O)Cc1ccc(OC)cc1. The lowest BCUT2D eigenvalue weighted by Gasteiger charge is -2.31. The quantitative estimate of drug-likeness (QED) is 0.613. The third-order valence-corrected chi connectivity index (χ3v) is 4.96. The van der Waals surface area contributed by atoms with Crippen molar-refractivity contribution in [1.29, 1.82) is 0 Å². The van der Waals surface area contributed by atoms with Gasteiger partial charge in [-0.3, -0.25) is 9.59 Å². The fourth-order valence-corrected chi connectivity index (χ4v) is 3.23. The van der Waals surface area contributed by atoms with Crippen LogP contribution in [-0.2, 0) is 22.6 Å². The highest BCUT2D eigenvalue weighted by atomic mass is 16.5. The van der Waals surface area contributed by atoms with Crippen molar-refractivity contribution in [3.63, 3.8) is 0 Å². The number of hydrogen-bond donors (Lipinski definition) is 1. The van der Waals surface area contributed by atoms with Crippen LogP contribution >= 0.6 is 0 Å². The molecule has 1 atom stereocenters. The highest BCUT2D eigenvalue weighted by Crippen LogP contribution is 2.18. The van der Waals surface area contributed by atoms with Crippen molar-refractivity contribution in [3.8, 4) is 11.5 Å². The van der Waals surface area contributed by atoms with Gasteiger partial charge in [-0.25, -0.2) is 0 Å². The number of benzene rings is 2. The second kappa shape index (κ2) is 11.9. The average Bonchev–Trinajstić information content (AvgIpc) is 2.78. The van der Waals surface area contributed by atoms with E-state index >= 15 is 0 Å². The van der Waals surface area contributed by atoms with Crippen LogP contribution in [0.4, 0.5) is 0 Å². The standard InChI is InChI=1S/C24H32N2O4/c1-5-15-25-24(28)22(6-2)26(17-19-9-13-21(30-4)14-10-19)23(27)16-18-7-11-20(29-3)12-8-18/h7-14,22H,5-6,15-17H2,1-4H3,(H,25,28)/t22-/m0/s1. The van der Waals surface area contributed by atoms with Gasteiger partial charge in [-0.05, 0) is 48.2 Å². The highest BCUT2D eigenvalue weighted by molar-refractivity contribution is 5.88. The van der Waals surface area contributed by atoms with E-state index in [0.717, 1.165) is 29.0 Å². The van der Waals surface area contributed by atoms with E-state index in [-0.39, 0.29) is 18.2 Å². The first-order valence-electron chi connectivity index (χ1n) is 10.3.